The van der Waals surface area contributed by atoms with Crippen LogP contribution in [0, 0.1) is 23.6 Å². The molecule has 2 amide bonds. The minimum atomic E-state index is -0.347. The third-order valence-corrected chi connectivity index (χ3v) is 8.94. The molecule has 6 rings (SSSR count). The number of fused-ring (bicyclic) bond motifs is 3. The molecule has 4 fully saturated rings. The lowest BCUT2D eigenvalue weighted by molar-refractivity contribution is -0.131. The molecule has 2 bridgehead atoms. The Kier molecular flexibility index (Phi) is 7.79. The van der Waals surface area contributed by atoms with E-state index in [1.807, 2.05) is 12.1 Å². The van der Waals surface area contributed by atoms with Crippen molar-refractivity contribution < 1.29 is 19.1 Å². The number of benzene rings is 1. The molecule has 1 aromatic heterocycles. The summed E-state index contributed by atoms with van der Waals surface area (Å²) >= 11 is 0. The molecule has 3 aliphatic carbocycles. The van der Waals surface area contributed by atoms with Crippen LogP contribution in [0.4, 0.5) is 10.2 Å². The van der Waals surface area contributed by atoms with Gasteiger partial charge in [-0.25, -0.2) is 9.37 Å². The van der Waals surface area contributed by atoms with Crippen molar-refractivity contribution in [3.63, 3.8) is 0 Å². The van der Waals surface area contributed by atoms with Crippen LogP contribution in [0.5, 0.6) is 5.75 Å². The smallest absolute Gasteiger partial charge is 0.223 e. The van der Waals surface area contributed by atoms with Crippen LogP contribution in [0.15, 0.2) is 42.6 Å². The Hall–Kier alpha value is -3.60. The zero-order chi connectivity index (χ0) is 27.5. The third kappa shape index (κ3) is 6.19. The van der Waals surface area contributed by atoms with Gasteiger partial charge in [0.1, 0.15) is 17.4 Å². The number of nitrogens with one attached hydrogen (secondary N) is 2. The number of hydrogen-bond acceptors (Lipinski definition) is 5. The van der Waals surface area contributed by atoms with Gasteiger partial charge in [0.05, 0.1) is 12.1 Å². The maximum atomic E-state index is 13.2. The first kappa shape index (κ1) is 27.0. The average Bonchev–Trinajstić information content (AvgIpc) is 2.95. The molecule has 1 saturated heterocycles. The van der Waals surface area contributed by atoms with E-state index in [1.54, 1.807) is 25.1 Å². The molecule has 2 aromatic rings. The minimum absolute atomic E-state index is 0.00309. The lowest BCUT2D eigenvalue weighted by Crippen LogP contribution is -2.64. The monoisotopic (exact) mass is 532 g/mol. The summed E-state index contributed by atoms with van der Waals surface area (Å²) in [5.41, 5.74) is 0.529. The summed E-state index contributed by atoms with van der Waals surface area (Å²) in [7, 11) is 0. The molecule has 1 aliphatic heterocycles. The highest BCUT2D eigenvalue weighted by atomic mass is 19.1. The van der Waals surface area contributed by atoms with Gasteiger partial charge in [-0.05, 0) is 88.1 Å². The largest absolute Gasteiger partial charge is 0.508 e. The Morgan fingerprint density at radius 1 is 1.03 bits per heavy atom. The van der Waals surface area contributed by atoms with E-state index in [-0.39, 0.29) is 52.7 Å². The number of carbonyl (C=O) groups is 2. The SMILES string of the molecule is CC#C[C@@H](CC(=O)NC12CCC(NC(=O)C3CCN(c4ccc(F)cn4)CC3)(CC1)CC2)c1ccc(O)cc1. The van der Waals surface area contributed by atoms with Crippen LogP contribution >= 0.6 is 0 Å². The van der Waals surface area contributed by atoms with E-state index in [2.05, 4.69) is 32.4 Å². The first-order valence-corrected chi connectivity index (χ1v) is 14.0. The minimum Gasteiger partial charge on any atom is -0.508 e. The predicted molar refractivity (Wildman–Crippen MR) is 147 cm³/mol. The first-order valence-electron chi connectivity index (χ1n) is 14.0. The second-order valence-corrected chi connectivity index (χ2v) is 11.4. The molecule has 0 spiro atoms. The van der Waals surface area contributed by atoms with Gasteiger partial charge in [-0.3, -0.25) is 9.59 Å². The quantitative estimate of drug-likeness (QED) is 0.459. The number of aromatic hydroxyl groups is 1. The molecule has 1 aromatic carbocycles. The summed E-state index contributed by atoms with van der Waals surface area (Å²) in [6, 6.07) is 9.99. The van der Waals surface area contributed by atoms with Crippen molar-refractivity contribution >= 4 is 17.6 Å². The van der Waals surface area contributed by atoms with Gasteiger partial charge in [-0.1, -0.05) is 18.1 Å². The van der Waals surface area contributed by atoms with Gasteiger partial charge in [0.15, 0.2) is 0 Å². The highest BCUT2D eigenvalue weighted by molar-refractivity contribution is 5.80. The van der Waals surface area contributed by atoms with Gasteiger partial charge in [0.25, 0.3) is 0 Å². The summed E-state index contributed by atoms with van der Waals surface area (Å²) in [5.74, 6) is 6.55. The molecule has 2 heterocycles. The number of hydrogen-bond donors (Lipinski definition) is 3. The number of halogens is 1. The zero-order valence-electron chi connectivity index (χ0n) is 22.5. The van der Waals surface area contributed by atoms with Crippen LogP contribution in [-0.2, 0) is 9.59 Å². The lowest BCUT2D eigenvalue weighted by Gasteiger charge is -2.54. The van der Waals surface area contributed by atoms with Crippen LogP contribution in [0.2, 0.25) is 0 Å². The summed E-state index contributed by atoms with van der Waals surface area (Å²) in [5, 5.41) is 16.4. The summed E-state index contributed by atoms with van der Waals surface area (Å²) < 4.78 is 13.2. The van der Waals surface area contributed by atoms with E-state index in [0.29, 0.717) is 0 Å². The predicted octanol–water partition coefficient (Wildman–Crippen LogP) is 4.42. The fraction of sp³-hybridized carbons (Fsp3) is 0.516. The van der Waals surface area contributed by atoms with Crippen molar-refractivity contribution in [3.05, 3.63) is 54.0 Å². The molecule has 7 nitrogen and oxygen atoms in total. The van der Waals surface area contributed by atoms with Gasteiger partial charge in [0.2, 0.25) is 11.8 Å². The van der Waals surface area contributed by atoms with E-state index in [0.717, 1.165) is 75.8 Å². The second kappa shape index (κ2) is 11.3. The summed E-state index contributed by atoms with van der Waals surface area (Å²) in [6.07, 6.45) is 8.20. The summed E-state index contributed by atoms with van der Waals surface area (Å²) in [6.45, 7) is 3.23. The van der Waals surface area contributed by atoms with Gasteiger partial charge < -0.3 is 20.6 Å². The van der Waals surface area contributed by atoms with Crippen molar-refractivity contribution in [1.29, 1.82) is 0 Å². The number of rotatable bonds is 7. The van der Waals surface area contributed by atoms with Crippen LogP contribution in [-0.4, -0.2) is 46.1 Å². The van der Waals surface area contributed by atoms with Crippen molar-refractivity contribution in [2.75, 3.05) is 18.0 Å². The van der Waals surface area contributed by atoms with Crippen LogP contribution in [0.1, 0.15) is 76.2 Å². The van der Waals surface area contributed by atoms with Crippen LogP contribution in [0.3, 0.4) is 0 Å². The van der Waals surface area contributed by atoms with Crippen molar-refractivity contribution in [2.45, 2.75) is 81.7 Å². The second-order valence-electron chi connectivity index (χ2n) is 11.4. The molecule has 3 saturated carbocycles. The van der Waals surface area contributed by atoms with E-state index in [9.17, 15) is 19.1 Å². The van der Waals surface area contributed by atoms with Gasteiger partial charge in [0, 0.05) is 36.5 Å². The van der Waals surface area contributed by atoms with Gasteiger partial charge >= 0.3 is 0 Å². The number of phenols is 1. The first-order chi connectivity index (χ1) is 18.8. The van der Waals surface area contributed by atoms with Crippen LogP contribution < -0.4 is 15.5 Å². The number of nitrogens with zero attached hydrogens (tertiary/aromatic N) is 2. The normalized spacial score (nSPS) is 25.3. The number of aromatic nitrogens is 1. The lowest BCUT2D eigenvalue weighted by atomic mass is 9.61. The van der Waals surface area contributed by atoms with E-state index in [1.165, 1.54) is 12.3 Å². The van der Waals surface area contributed by atoms with Crippen molar-refractivity contribution in [2.24, 2.45) is 5.92 Å². The molecule has 3 N–H and O–H groups in total. The molecule has 8 heteroatoms. The molecule has 206 valence electrons. The number of amides is 2. The van der Waals surface area contributed by atoms with E-state index < -0.39 is 0 Å². The highest BCUT2D eigenvalue weighted by Gasteiger charge is 2.50. The van der Waals surface area contributed by atoms with Gasteiger partial charge in [-0.2, -0.15) is 0 Å². The molecule has 39 heavy (non-hydrogen) atoms. The zero-order valence-corrected chi connectivity index (χ0v) is 22.5. The number of pyridine rings is 1. The maximum Gasteiger partial charge on any atom is 0.223 e. The van der Waals surface area contributed by atoms with Crippen molar-refractivity contribution in [1.82, 2.24) is 15.6 Å². The molecular weight excluding hydrogens is 495 g/mol. The Balaban J connectivity index is 1.11. The topological polar surface area (TPSA) is 94.6 Å². The number of piperidine rings is 1. The molecular formula is C31H37FN4O3. The standard InChI is InChI=1S/C31H37FN4O3/c1-2-3-24(22-4-7-26(37)8-5-22)20-28(38)34-30-12-15-31(16-13-30,17-14-30)35-29(39)23-10-18-36(19-11-23)27-9-6-25(32)21-33-27/h4-9,21,23-24,37H,10-20H2,1H3,(H,34,38)(H,35,39)/t24-,30?,31?/m0/s1. The Morgan fingerprint density at radius 2 is 1.64 bits per heavy atom. The average molecular weight is 533 g/mol. The number of phenolic OH excluding ortho intramolecular Hbond substituents is 1. The summed E-state index contributed by atoms with van der Waals surface area (Å²) in [4.78, 5) is 32.6. The van der Waals surface area contributed by atoms with E-state index in [4.69, 9.17) is 0 Å². The number of anilines is 1. The highest BCUT2D eigenvalue weighted by Crippen LogP contribution is 2.47. The maximum absolute atomic E-state index is 13.2. The number of carbonyl (C=O) groups excluding carboxylic acids is 2. The van der Waals surface area contributed by atoms with Crippen LogP contribution in [0.25, 0.3) is 0 Å². The Labute approximate surface area is 229 Å². The van der Waals surface area contributed by atoms with Crippen molar-refractivity contribution in [3.8, 4) is 17.6 Å². The Morgan fingerprint density at radius 3 is 2.21 bits per heavy atom. The Bertz CT molecular complexity index is 1220. The third-order valence-electron chi connectivity index (χ3n) is 8.94. The fourth-order valence-corrected chi connectivity index (χ4v) is 6.52. The van der Waals surface area contributed by atoms with Gasteiger partial charge in [-0.15, -0.1) is 5.92 Å². The molecule has 0 radical (unpaired) electrons. The fourth-order valence-electron chi connectivity index (χ4n) is 6.52. The molecule has 0 unspecified atom stereocenters. The molecule has 1 atom stereocenters. The molecule has 4 aliphatic rings. The van der Waals surface area contributed by atoms with E-state index >= 15 is 0 Å².